The van der Waals surface area contributed by atoms with Crippen molar-refractivity contribution in [3.63, 3.8) is 0 Å². The molecule has 23 heavy (non-hydrogen) atoms. The summed E-state index contributed by atoms with van der Waals surface area (Å²) in [6.07, 6.45) is 2.28. The fourth-order valence-electron chi connectivity index (χ4n) is 2.23. The van der Waals surface area contributed by atoms with E-state index in [0.717, 1.165) is 5.56 Å². The molecule has 4 nitrogen and oxygen atoms in total. The molecule has 4 heteroatoms. The van der Waals surface area contributed by atoms with E-state index in [1.165, 1.54) is 0 Å². The van der Waals surface area contributed by atoms with Gasteiger partial charge in [-0.2, -0.15) is 5.26 Å². The van der Waals surface area contributed by atoms with Crippen molar-refractivity contribution in [1.29, 1.82) is 5.26 Å². The van der Waals surface area contributed by atoms with Gasteiger partial charge < -0.3 is 14.2 Å². The lowest BCUT2D eigenvalue weighted by Gasteiger charge is -2.19. The summed E-state index contributed by atoms with van der Waals surface area (Å²) < 4.78 is 16.6. The van der Waals surface area contributed by atoms with Gasteiger partial charge in [0.05, 0.1) is 25.9 Å². The zero-order chi connectivity index (χ0) is 16.7. The van der Waals surface area contributed by atoms with Crippen LogP contribution in [0.3, 0.4) is 0 Å². The van der Waals surface area contributed by atoms with Gasteiger partial charge in [0.1, 0.15) is 11.9 Å². The first kappa shape index (κ1) is 16.4. The molecule has 0 aliphatic heterocycles. The Hall–Kier alpha value is -2.93. The summed E-state index contributed by atoms with van der Waals surface area (Å²) in [5, 5.41) is 8.89. The zero-order valence-corrected chi connectivity index (χ0v) is 13.3. The fraction of sp³-hybridized carbons (Fsp3) is 0.211. The van der Waals surface area contributed by atoms with Crippen LogP contribution in [0.1, 0.15) is 23.7 Å². The van der Waals surface area contributed by atoms with E-state index in [9.17, 15) is 0 Å². The van der Waals surface area contributed by atoms with Gasteiger partial charge in [0.25, 0.3) is 0 Å². The second-order valence-corrected chi connectivity index (χ2v) is 4.88. The van der Waals surface area contributed by atoms with E-state index in [2.05, 4.69) is 12.6 Å². The van der Waals surface area contributed by atoms with Gasteiger partial charge in [0.15, 0.2) is 11.5 Å². The minimum absolute atomic E-state index is 0.182. The molecule has 0 radical (unpaired) electrons. The van der Waals surface area contributed by atoms with Gasteiger partial charge in [-0.25, -0.2) is 0 Å². The summed E-state index contributed by atoms with van der Waals surface area (Å²) in [6.45, 7) is 3.79. The van der Waals surface area contributed by atoms with Crippen molar-refractivity contribution in [3.8, 4) is 23.3 Å². The molecule has 1 atom stereocenters. The first-order valence-electron chi connectivity index (χ1n) is 7.21. The van der Waals surface area contributed by atoms with Crippen LogP contribution in [0.4, 0.5) is 0 Å². The van der Waals surface area contributed by atoms with Crippen LogP contribution in [0, 0.1) is 11.3 Å². The minimum atomic E-state index is -0.182. The van der Waals surface area contributed by atoms with E-state index in [4.69, 9.17) is 19.5 Å². The number of nitrogens with zero attached hydrogens (tertiary/aromatic N) is 1. The normalized spacial score (nSPS) is 11.2. The summed E-state index contributed by atoms with van der Waals surface area (Å²) in [5.74, 6) is 1.94. The van der Waals surface area contributed by atoms with E-state index in [-0.39, 0.29) is 6.10 Å². The Kier molecular flexibility index (Phi) is 5.65. The van der Waals surface area contributed by atoms with Gasteiger partial charge >= 0.3 is 0 Å². The van der Waals surface area contributed by atoms with E-state index < -0.39 is 0 Å². The molecule has 1 unspecified atom stereocenters. The standard InChI is InChI=1S/C19H19NO3/c1-4-5-17(15-8-6-14(13-20)7-9-15)23-16-10-11-18(21-2)19(12-16)22-3/h4,6-12,17H,1,5H2,2-3H3. The highest BCUT2D eigenvalue weighted by atomic mass is 16.5. The van der Waals surface area contributed by atoms with E-state index in [1.807, 2.05) is 24.3 Å². The lowest BCUT2D eigenvalue weighted by Crippen LogP contribution is -2.07. The number of methoxy groups -OCH3 is 2. The number of hydrogen-bond donors (Lipinski definition) is 0. The second-order valence-electron chi connectivity index (χ2n) is 4.88. The SMILES string of the molecule is C=CCC(Oc1ccc(OC)c(OC)c1)c1ccc(C#N)cc1. The average Bonchev–Trinajstić information content (AvgIpc) is 2.61. The third-order valence-electron chi connectivity index (χ3n) is 3.43. The maximum Gasteiger partial charge on any atom is 0.164 e. The third-order valence-corrected chi connectivity index (χ3v) is 3.43. The molecule has 0 heterocycles. The maximum atomic E-state index is 8.89. The predicted molar refractivity (Wildman–Crippen MR) is 88.9 cm³/mol. The Morgan fingerprint density at radius 2 is 1.78 bits per heavy atom. The number of hydrogen-bond acceptors (Lipinski definition) is 4. The molecule has 0 bridgehead atoms. The topological polar surface area (TPSA) is 51.5 Å². The molecule has 0 saturated heterocycles. The van der Waals surface area contributed by atoms with Crippen LogP contribution in [0.25, 0.3) is 0 Å². The Balaban J connectivity index is 2.25. The first-order valence-corrected chi connectivity index (χ1v) is 7.21. The number of ether oxygens (including phenoxy) is 3. The quantitative estimate of drug-likeness (QED) is 0.717. The van der Waals surface area contributed by atoms with Crippen molar-refractivity contribution in [3.05, 3.63) is 66.2 Å². The van der Waals surface area contributed by atoms with Gasteiger partial charge in [0.2, 0.25) is 0 Å². The first-order chi connectivity index (χ1) is 11.2. The van der Waals surface area contributed by atoms with E-state index >= 15 is 0 Å². The molecule has 0 aliphatic carbocycles. The van der Waals surface area contributed by atoms with E-state index in [0.29, 0.717) is 29.2 Å². The van der Waals surface area contributed by atoms with Crippen LogP contribution < -0.4 is 14.2 Å². The Morgan fingerprint density at radius 3 is 2.35 bits per heavy atom. The molecule has 2 aromatic carbocycles. The molecular weight excluding hydrogens is 290 g/mol. The van der Waals surface area contributed by atoms with E-state index in [1.54, 1.807) is 38.5 Å². The van der Waals surface area contributed by atoms with Crippen molar-refractivity contribution >= 4 is 0 Å². The number of rotatable bonds is 7. The van der Waals surface area contributed by atoms with Gasteiger partial charge in [-0.3, -0.25) is 0 Å². The summed E-state index contributed by atoms with van der Waals surface area (Å²) in [6, 6.07) is 14.9. The largest absolute Gasteiger partial charge is 0.493 e. The highest BCUT2D eigenvalue weighted by molar-refractivity contribution is 5.45. The van der Waals surface area contributed by atoms with Crippen molar-refractivity contribution in [1.82, 2.24) is 0 Å². The molecule has 0 aromatic heterocycles. The minimum Gasteiger partial charge on any atom is -0.493 e. The monoisotopic (exact) mass is 309 g/mol. The smallest absolute Gasteiger partial charge is 0.164 e. The molecule has 0 saturated carbocycles. The van der Waals surface area contributed by atoms with Gasteiger partial charge in [-0.1, -0.05) is 18.2 Å². The van der Waals surface area contributed by atoms with Crippen LogP contribution in [0.15, 0.2) is 55.1 Å². The molecule has 0 N–H and O–H groups in total. The molecule has 0 spiro atoms. The lowest BCUT2D eigenvalue weighted by atomic mass is 10.0. The number of benzene rings is 2. The highest BCUT2D eigenvalue weighted by Gasteiger charge is 2.14. The zero-order valence-electron chi connectivity index (χ0n) is 13.3. The van der Waals surface area contributed by atoms with Gasteiger partial charge in [-0.15, -0.1) is 6.58 Å². The molecule has 118 valence electrons. The fourth-order valence-corrected chi connectivity index (χ4v) is 2.23. The summed E-state index contributed by atoms with van der Waals surface area (Å²) in [4.78, 5) is 0. The van der Waals surface area contributed by atoms with Crippen LogP contribution in [-0.2, 0) is 0 Å². The van der Waals surface area contributed by atoms with Gasteiger partial charge in [0, 0.05) is 12.5 Å². The van der Waals surface area contributed by atoms with Crippen molar-refractivity contribution in [2.24, 2.45) is 0 Å². The van der Waals surface area contributed by atoms with Crippen molar-refractivity contribution < 1.29 is 14.2 Å². The predicted octanol–water partition coefficient (Wildman–Crippen LogP) is 4.27. The van der Waals surface area contributed by atoms with Crippen LogP contribution in [0.5, 0.6) is 17.2 Å². The molecule has 2 rings (SSSR count). The Labute approximate surface area is 136 Å². The molecule has 0 aliphatic rings. The Bertz CT molecular complexity index is 702. The molecular formula is C19H19NO3. The van der Waals surface area contributed by atoms with Crippen LogP contribution >= 0.6 is 0 Å². The molecule has 0 fully saturated rings. The van der Waals surface area contributed by atoms with Crippen LogP contribution in [-0.4, -0.2) is 14.2 Å². The third kappa shape index (κ3) is 4.04. The summed E-state index contributed by atoms with van der Waals surface area (Å²) in [7, 11) is 3.18. The van der Waals surface area contributed by atoms with Crippen molar-refractivity contribution in [2.75, 3.05) is 14.2 Å². The summed E-state index contributed by atoms with van der Waals surface area (Å²) >= 11 is 0. The second kappa shape index (κ2) is 7.90. The van der Waals surface area contributed by atoms with Gasteiger partial charge in [-0.05, 0) is 29.8 Å². The summed E-state index contributed by atoms with van der Waals surface area (Å²) in [5.41, 5.74) is 1.61. The average molecular weight is 309 g/mol. The molecule has 0 amide bonds. The lowest BCUT2D eigenvalue weighted by molar-refractivity contribution is 0.208. The Morgan fingerprint density at radius 1 is 1.09 bits per heavy atom. The van der Waals surface area contributed by atoms with Crippen LogP contribution in [0.2, 0.25) is 0 Å². The number of nitriles is 1. The maximum absolute atomic E-state index is 8.89. The molecule has 2 aromatic rings. The van der Waals surface area contributed by atoms with Crippen molar-refractivity contribution in [2.45, 2.75) is 12.5 Å². The highest BCUT2D eigenvalue weighted by Crippen LogP contribution is 2.33.